The monoisotopic (exact) mass is 275 g/mol. The highest BCUT2D eigenvalue weighted by Gasteiger charge is 2.25. The van der Waals surface area contributed by atoms with E-state index in [9.17, 15) is 15.2 Å². The van der Waals surface area contributed by atoms with E-state index in [2.05, 4.69) is 10.3 Å². The molecule has 0 radical (unpaired) electrons. The van der Waals surface area contributed by atoms with E-state index in [0.717, 1.165) is 36.9 Å². The number of rotatable bonds is 3. The molecule has 3 rings (SSSR count). The van der Waals surface area contributed by atoms with Gasteiger partial charge in [0, 0.05) is 41.7 Å². The summed E-state index contributed by atoms with van der Waals surface area (Å²) in [6, 6.07) is 4.69. The summed E-state index contributed by atoms with van der Waals surface area (Å²) >= 11 is 0. The molecule has 0 aliphatic carbocycles. The van der Waals surface area contributed by atoms with Crippen molar-refractivity contribution < 1.29 is 10.0 Å². The van der Waals surface area contributed by atoms with Crippen LogP contribution >= 0.6 is 0 Å². The lowest BCUT2D eigenvalue weighted by atomic mass is 9.89. The zero-order valence-electron chi connectivity index (χ0n) is 11.0. The Morgan fingerprint density at radius 1 is 1.45 bits per heavy atom. The third-order valence-corrected chi connectivity index (χ3v) is 4.01. The van der Waals surface area contributed by atoms with Crippen LogP contribution in [0.25, 0.3) is 10.9 Å². The molecule has 1 aliphatic rings. The summed E-state index contributed by atoms with van der Waals surface area (Å²) in [5, 5.41) is 25.4. The van der Waals surface area contributed by atoms with E-state index < -0.39 is 11.0 Å². The molecule has 0 spiro atoms. The largest absolute Gasteiger partial charge is 0.388 e. The minimum atomic E-state index is -0.544. The number of nitro groups is 1. The molecule has 20 heavy (non-hydrogen) atoms. The summed E-state index contributed by atoms with van der Waals surface area (Å²) in [6.45, 7) is 1.81. The molecular formula is C14H17N3O3. The molecule has 3 N–H and O–H groups in total. The summed E-state index contributed by atoms with van der Waals surface area (Å²) in [7, 11) is 0. The van der Waals surface area contributed by atoms with Crippen molar-refractivity contribution in [1.82, 2.24) is 10.3 Å². The normalized spacial score (nSPS) is 20.9. The first-order valence-corrected chi connectivity index (χ1v) is 6.81. The summed E-state index contributed by atoms with van der Waals surface area (Å²) in [6.07, 6.45) is 3.27. The lowest BCUT2D eigenvalue weighted by Crippen LogP contribution is -2.33. The Morgan fingerprint density at radius 2 is 2.30 bits per heavy atom. The molecule has 2 unspecified atom stereocenters. The number of aromatic amines is 1. The van der Waals surface area contributed by atoms with Crippen molar-refractivity contribution in [3.05, 3.63) is 40.1 Å². The number of non-ortho nitro benzene ring substituents is 1. The molecule has 6 heteroatoms. The molecule has 1 fully saturated rings. The van der Waals surface area contributed by atoms with Gasteiger partial charge in [-0.15, -0.1) is 0 Å². The van der Waals surface area contributed by atoms with Crippen LogP contribution in [0.4, 0.5) is 5.69 Å². The Hall–Kier alpha value is -1.92. The van der Waals surface area contributed by atoms with Crippen molar-refractivity contribution in [2.24, 2.45) is 5.92 Å². The van der Waals surface area contributed by atoms with Gasteiger partial charge < -0.3 is 15.4 Å². The average Bonchev–Trinajstić information content (AvgIpc) is 2.90. The van der Waals surface area contributed by atoms with Crippen LogP contribution in [0.1, 0.15) is 24.5 Å². The van der Waals surface area contributed by atoms with Crippen LogP contribution in [0.3, 0.4) is 0 Å². The van der Waals surface area contributed by atoms with Crippen LogP contribution in [0.5, 0.6) is 0 Å². The third kappa shape index (κ3) is 2.28. The van der Waals surface area contributed by atoms with Gasteiger partial charge in [0.15, 0.2) is 0 Å². The molecule has 0 bridgehead atoms. The molecule has 1 saturated heterocycles. The standard InChI is InChI=1S/C14H17N3O3/c18-14(9-2-1-5-15-7-9)12-8-16-13-6-10(17(19)20)3-4-11(12)13/h3-4,6,8-9,14-16,18H,1-2,5,7H2. The summed E-state index contributed by atoms with van der Waals surface area (Å²) in [5.74, 6) is 0.193. The van der Waals surface area contributed by atoms with E-state index in [4.69, 9.17) is 0 Å². The lowest BCUT2D eigenvalue weighted by molar-refractivity contribution is -0.384. The predicted molar refractivity (Wildman–Crippen MR) is 75.5 cm³/mol. The molecule has 6 nitrogen and oxygen atoms in total. The molecule has 1 aliphatic heterocycles. The number of aliphatic hydroxyl groups excluding tert-OH is 1. The van der Waals surface area contributed by atoms with Crippen LogP contribution < -0.4 is 5.32 Å². The van der Waals surface area contributed by atoms with Crippen molar-refractivity contribution in [1.29, 1.82) is 0 Å². The van der Waals surface area contributed by atoms with Gasteiger partial charge in [-0.1, -0.05) is 0 Å². The van der Waals surface area contributed by atoms with Gasteiger partial charge in [0.1, 0.15) is 0 Å². The van der Waals surface area contributed by atoms with Crippen LogP contribution in [-0.4, -0.2) is 28.1 Å². The average molecular weight is 275 g/mol. The number of fused-ring (bicyclic) bond motifs is 1. The predicted octanol–water partition coefficient (Wildman–Crippen LogP) is 2.11. The van der Waals surface area contributed by atoms with Gasteiger partial charge >= 0.3 is 0 Å². The Labute approximate surface area is 116 Å². The first-order chi connectivity index (χ1) is 9.66. The smallest absolute Gasteiger partial charge is 0.271 e. The number of aliphatic hydroxyl groups is 1. The Bertz CT molecular complexity index is 632. The topological polar surface area (TPSA) is 91.2 Å². The molecule has 2 heterocycles. The molecule has 2 aromatic rings. The second-order valence-electron chi connectivity index (χ2n) is 5.28. The van der Waals surface area contributed by atoms with E-state index in [1.54, 1.807) is 12.3 Å². The van der Waals surface area contributed by atoms with Crippen molar-refractivity contribution in [2.45, 2.75) is 18.9 Å². The number of hydrogen-bond acceptors (Lipinski definition) is 4. The molecule has 106 valence electrons. The lowest BCUT2D eigenvalue weighted by Gasteiger charge is -2.27. The number of benzene rings is 1. The fraction of sp³-hybridized carbons (Fsp3) is 0.429. The quantitative estimate of drug-likeness (QED) is 0.591. The fourth-order valence-electron chi connectivity index (χ4n) is 2.90. The summed E-state index contributed by atoms with van der Waals surface area (Å²) in [4.78, 5) is 13.4. The number of nitrogens with zero attached hydrogens (tertiary/aromatic N) is 1. The minimum Gasteiger partial charge on any atom is -0.388 e. The number of H-pyrrole nitrogens is 1. The van der Waals surface area contributed by atoms with Gasteiger partial charge in [-0.3, -0.25) is 10.1 Å². The van der Waals surface area contributed by atoms with Gasteiger partial charge in [-0.05, 0) is 25.5 Å². The van der Waals surface area contributed by atoms with Gasteiger partial charge in [0.25, 0.3) is 5.69 Å². The highest BCUT2D eigenvalue weighted by molar-refractivity contribution is 5.85. The number of nitro benzene ring substituents is 1. The fourth-order valence-corrected chi connectivity index (χ4v) is 2.90. The Balaban J connectivity index is 1.93. The van der Waals surface area contributed by atoms with Gasteiger partial charge in [-0.2, -0.15) is 0 Å². The van der Waals surface area contributed by atoms with Crippen molar-refractivity contribution in [3.63, 3.8) is 0 Å². The van der Waals surface area contributed by atoms with E-state index in [1.807, 2.05) is 0 Å². The van der Waals surface area contributed by atoms with Gasteiger partial charge in [0.05, 0.1) is 16.5 Å². The van der Waals surface area contributed by atoms with Gasteiger partial charge in [-0.25, -0.2) is 0 Å². The van der Waals surface area contributed by atoms with Gasteiger partial charge in [0.2, 0.25) is 0 Å². The minimum absolute atomic E-state index is 0.0553. The maximum absolute atomic E-state index is 10.8. The zero-order valence-corrected chi connectivity index (χ0v) is 11.0. The summed E-state index contributed by atoms with van der Waals surface area (Å²) in [5.41, 5.74) is 1.57. The molecule has 1 aromatic heterocycles. The van der Waals surface area contributed by atoms with Crippen LogP contribution in [0.2, 0.25) is 0 Å². The maximum Gasteiger partial charge on any atom is 0.271 e. The van der Waals surface area contributed by atoms with Crippen LogP contribution in [-0.2, 0) is 0 Å². The van der Waals surface area contributed by atoms with E-state index >= 15 is 0 Å². The van der Waals surface area contributed by atoms with E-state index in [0.29, 0.717) is 5.52 Å². The van der Waals surface area contributed by atoms with Crippen molar-refractivity contribution in [3.8, 4) is 0 Å². The van der Waals surface area contributed by atoms with Crippen molar-refractivity contribution >= 4 is 16.6 Å². The molecule has 0 amide bonds. The number of aromatic nitrogens is 1. The molecule has 2 atom stereocenters. The number of piperidine rings is 1. The van der Waals surface area contributed by atoms with Crippen molar-refractivity contribution in [2.75, 3.05) is 13.1 Å². The SMILES string of the molecule is O=[N+]([O-])c1ccc2c(C(O)C3CCCNC3)c[nH]c2c1. The zero-order chi connectivity index (χ0) is 14.1. The summed E-state index contributed by atoms with van der Waals surface area (Å²) < 4.78 is 0. The second kappa shape index (κ2) is 5.22. The number of nitrogens with one attached hydrogen (secondary N) is 2. The van der Waals surface area contributed by atoms with Crippen LogP contribution in [0.15, 0.2) is 24.4 Å². The Morgan fingerprint density at radius 3 is 3.00 bits per heavy atom. The molecular weight excluding hydrogens is 258 g/mol. The number of hydrogen-bond donors (Lipinski definition) is 3. The van der Waals surface area contributed by atoms with E-state index in [-0.39, 0.29) is 11.6 Å². The maximum atomic E-state index is 10.8. The Kier molecular flexibility index (Phi) is 3.42. The first-order valence-electron chi connectivity index (χ1n) is 6.81. The molecule has 0 saturated carbocycles. The molecule has 1 aromatic carbocycles. The third-order valence-electron chi connectivity index (χ3n) is 4.01. The van der Waals surface area contributed by atoms with E-state index in [1.165, 1.54) is 12.1 Å². The highest BCUT2D eigenvalue weighted by atomic mass is 16.6. The second-order valence-corrected chi connectivity index (χ2v) is 5.28. The van der Waals surface area contributed by atoms with Crippen LogP contribution in [0, 0.1) is 16.0 Å². The highest BCUT2D eigenvalue weighted by Crippen LogP contribution is 2.33. The first kappa shape index (κ1) is 13.1.